The van der Waals surface area contributed by atoms with Gasteiger partial charge in [-0.25, -0.2) is 0 Å². The quantitative estimate of drug-likeness (QED) is 0.671. The fourth-order valence-corrected chi connectivity index (χ4v) is 2.56. The third-order valence-electron chi connectivity index (χ3n) is 3.73. The average molecular weight is 368 g/mol. The molecule has 1 N–H and O–H groups in total. The first-order chi connectivity index (χ1) is 11.7. The van der Waals surface area contributed by atoms with E-state index < -0.39 is 17.6 Å². The van der Waals surface area contributed by atoms with Gasteiger partial charge in [-0.1, -0.05) is 36.7 Å². The van der Waals surface area contributed by atoms with Crippen LogP contribution in [0.1, 0.15) is 29.2 Å². The Bertz CT molecular complexity index is 813. The van der Waals surface area contributed by atoms with Gasteiger partial charge < -0.3 is 5.32 Å². The lowest BCUT2D eigenvalue weighted by Gasteiger charge is -2.11. The second kappa shape index (κ2) is 7.74. The van der Waals surface area contributed by atoms with Crippen molar-refractivity contribution in [3.63, 3.8) is 0 Å². The summed E-state index contributed by atoms with van der Waals surface area (Å²) in [6.45, 7) is 3.85. The summed E-state index contributed by atoms with van der Waals surface area (Å²) in [5.41, 5.74) is 1.93. The molecule has 2 nitrogen and oxygen atoms in total. The zero-order valence-electron chi connectivity index (χ0n) is 13.7. The molecule has 2 aromatic carbocycles. The molecule has 1 amide bonds. The van der Waals surface area contributed by atoms with Gasteiger partial charge in [0, 0.05) is 16.8 Å². The number of nitrogens with one attached hydrogen (secondary N) is 1. The van der Waals surface area contributed by atoms with E-state index in [-0.39, 0.29) is 10.6 Å². The first kappa shape index (κ1) is 19.1. The molecule has 0 unspecified atom stereocenters. The van der Waals surface area contributed by atoms with Gasteiger partial charge in [-0.05, 0) is 54.3 Å². The molecule has 0 aromatic heterocycles. The van der Waals surface area contributed by atoms with Crippen LogP contribution in [0.3, 0.4) is 0 Å². The molecule has 0 bridgehead atoms. The Morgan fingerprint density at radius 1 is 1.24 bits per heavy atom. The zero-order valence-corrected chi connectivity index (χ0v) is 14.5. The smallest absolute Gasteiger partial charge is 0.322 e. The Morgan fingerprint density at radius 3 is 2.60 bits per heavy atom. The highest BCUT2D eigenvalue weighted by atomic mass is 35.5. The summed E-state index contributed by atoms with van der Waals surface area (Å²) in [4.78, 5) is 12.1. The minimum Gasteiger partial charge on any atom is -0.322 e. The van der Waals surface area contributed by atoms with Crippen LogP contribution in [0.2, 0.25) is 5.02 Å². The number of carbonyl (C=O) groups excluding carboxylic acids is 1. The average Bonchev–Trinajstić information content (AvgIpc) is 2.55. The molecule has 25 heavy (non-hydrogen) atoms. The molecular formula is C19H17ClF3NO. The minimum atomic E-state index is -4.47. The third-order valence-corrected chi connectivity index (χ3v) is 4.07. The van der Waals surface area contributed by atoms with Crippen LogP contribution in [0.15, 0.2) is 42.5 Å². The maximum Gasteiger partial charge on any atom is 0.416 e. The van der Waals surface area contributed by atoms with Crippen molar-refractivity contribution in [1.82, 2.24) is 0 Å². The van der Waals surface area contributed by atoms with Crippen molar-refractivity contribution in [3.05, 3.63) is 69.8 Å². The van der Waals surface area contributed by atoms with Crippen molar-refractivity contribution in [2.24, 2.45) is 0 Å². The van der Waals surface area contributed by atoms with Gasteiger partial charge in [-0.3, -0.25) is 4.79 Å². The third kappa shape index (κ3) is 4.86. The van der Waals surface area contributed by atoms with E-state index in [0.717, 1.165) is 35.4 Å². The van der Waals surface area contributed by atoms with Gasteiger partial charge in [0.15, 0.2) is 0 Å². The number of halogens is 4. The second-order valence-electron chi connectivity index (χ2n) is 5.52. The summed E-state index contributed by atoms with van der Waals surface area (Å²) in [5, 5.41) is 2.91. The standard InChI is InChI=1S/C19H17ClF3NO/c1-3-13-6-4-5-12(2)18(13)24-17(25)10-7-14-11-15(19(21,22)23)8-9-16(14)20/h4-11H,3H2,1-2H3,(H,24,25)/b10-7+. The molecule has 0 spiro atoms. The fraction of sp³-hybridized carbons (Fsp3) is 0.211. The van der Waals surface area contributed by atoms with Crippen LogP contribution in [0, 0.1) is 6.92 Å². The van der Waals surface area contributed by atoms with Crippen molar-refractivity contribution in [2.75, 3.05) is 5.32 Å². The van der Waals surface area contributed by atoms with Gasteiger partial charge >= 0.3 is 6.18 Å². The fourth-order valence-electron chi connectivity index (χ4n) is 2.38. The Hall–Kier alpha value is -2.27. The maximum atomic E-state index is 12.8. The van der Waals surface area contributed by atoms with Gasteiger partial charge in [0.1, 0.15) is 0 Å². The van der Waals surface area contributed by atoms with Crippen LogP contribution in [0.25, 0.3) is 6.08 Å². The molecule has 132 valence electrons. The van der Waals surface area contributed by atoms with Gasteiger partial charge in [-0.2, -0.15) is 13.2 Å². The van der Waals surface area contributed by atoms with E-state index in [9.17, 15) is 18.0 Å². The van der Waals surface area contributed by atoms with Crippen LogP contribution in [-0.2, 0) is 17.4 Å². The molecule has 0 radical (unpaired) electrons. The summed E-state index contributed by atoms with van der Waals surface area (Å²) in [7, 11) is 0. The molecule has 0 heterocycles. The topological polar surface area (TPSA) is 29.1 Å². The van der Waals surface area contributed by atoms with E-state index in [1.807, 2.05) is 32.0 Å². The molecule has 2 rings (SSSR count). The molecular weight excluding hydrogens is 351 g/mol. The van der Waals surface area contributed by atoms with E-state index in [0.29, 0.717) is 0 Å². The van der Waals surface area contributed by atoms with Crippen molar-refractivity contribution in [3.8, 4) is 0 Å². The number of alkyl halides is 3. The van der Waals surface area contributed by atoms with Crippen molar-refractivity contribution in [2.45, 2.75) is 26.4 Å². The first-order valence-electron chi connectivity index (χ1n) is 7.66. The summed E-state index contributed by atoms with van der Waals surface area (Å²) in [6.07, 6.45) is -1.27. The highest BCUT2D eigenvalue weighted by Crippen LogP contribution is 2.32. The Morgan fingerprint density at radius 2 is 1.96 bits per heavy atom. The SMILES string of the molecule is CCc1cccc(C)c1NC(=O)/C=C/c1cc(C(F)(F)F)ccc1Cl. The molecule has 0 fully saturated rings. The predicted molar refractivity (Wildman–Crippen MR) is 94.7 cm³/mol. The van der Waals surface area contributed by atoms with Gasteiger partial charge in [0.2, 0.25) is 5.91 Å². The zero-order chi connectivity index (χ0) is 18.6. The largest absolute Gasteiger partial charge is 0.416 e. The molecule has 0 aliphatic heterocycles. The summed E-state index contributed by atoms with van der Waals surface area (Å²) < 4.78 is 38.3. The molecule has 2 aromatic rings. The van der Waals surface area contributed by atoms with Crippen LogP contribution in [0.4, 0.5) is 18.9 Å². The van der Waals surface area contributed by atoms with E-state index in [1.165, 1.54) is 18.2 Å². The molecule has 0 saturated carbocycles. The highest BCUT2D eigenvalue weighted by molar-refractivity contribution is 6.32. The predicted octanol–water partition coefficient (Wildman–Crippen LogP) is 5.88. The van der Waals surface area contributed by atoms with E-state index >= 15 is 0 Å². The number of amides is 1. The number of aryl methyl sites for hydroxylation is 2. The van der Waals surface area contributed by atoms with Crippen LogP contribution in [-0.4, -0.2) is 5.91 Å². The number of hydrogen-bond donors (Lipinski definition) is 1. The van der Waals surface area contributed by atoms with E-state index in [4.69, 9.17) is 11.6 Å². The lowest BCUT2D eigenvalue weighted by Crippen LogP contribution is -2.11. The summed E-state index contributed by atoms with van der Waals surface area (Å²) >= 11 is 5.91. The lowest BCUT2D eigenvalue weighted by molar-refractivity contribution is -0.137. The first-order valence-corrected chi connectivity index (χ1v) is 8.04. The minimum absolute atomic E-state index is 0.132. The number of para-hydroxylation sites is 1. The van der Waals surface area contributed by atoms with Crippen LogP contribution >= 0.6 is 11.6 Å². The molecule has 0 aliphatic carbocycles. The highest BCUT2D eigenvalue weighted by Gasteiger charge is 2.30. The Kier molecular flexibility index (Phi) is 5.90. The van der Waals surface area contributed by atoms with Gasteiger partial charge in [0.25, 0.3) is 0 Å². The molecule has 0 atom stereocenters. The lowest BCUT2D eigenvalue weighted by atomic mass is 10.1. The monoisotopic (exact) mass is 367 g/mol. The van der Waals surface area contributed by atoms with Crippen LogP contribution < -0.4 is 5.32 Å². The van der Waals surface area contributed by atoms with Gasteiger partial charge in [0.05, 0.1) is 5.56 Å². The number of benzene rings is 2. The summed E-state index contributed by atoms with van der Waals surface area (Å²) in [5.74, 6) is -0.433. The summed E-state index contributed by atoms with van der Waals surface area (Å²) in [6, 6.07) is 8.68. The van der Waals surface area contributed by atoms with Gasteiger partial charge in [-0.15, -0.1) is 0 Å². The number of rotatable bonds is 4. The Labute approximate surface area is 149 Å². The van der Waals surface area contributed by atoms with Crippen molar-refractivity contribution < 1.29 is 18.0 Å². The molecule has 6 heteroatoms. The normalized spacial score (nSPS) is 11.8. The molecule has 0 aliphatic rings. The van der Waals surface area contributed by atoms with Crippen molar-refractivity contribution in [1.29, 1.82) is 0 Å². The van der Waals surface area contributed by atoms with E-state index in [2.05, 4.69) is 5.32 Å². The van der Waals surface area contributed by atoms with Crippen molar-refractivity contribution >= 4 is 29.3 Å². The second-order valence-corrected chi connectivity index (χ2v) is 5.93. The van der Waals surface area contributed by atoms with Crippen LogP contribution in [0.5, 0.6) is 0 Å². The maximum absolute atomic E-state index is 12.8. The number of hydrogen-bond acceptors (Lipinski definition) is 1. The molecule has 0 saturated heterocycles. The number of anilines is 1. The Balaban J connectivity index is 2.22. The van der Waals surface area contributed by atoms with E-state index in [1.54, 1.807) is 0 Å². The number of carbonyl (C=O) groups is 1.